The van der Waals surface area contributed by atoms with E-state index in [1.165, 1.54) is 56.4 Å². The molecule has 1 aromatic carbocycles. The first-order valence-corrected chi connectivity index (χ1v) is 12.4. The summed E-state index contributed by atoms with van der Waals surface area (Å²) in [6.07, 6.45) is 10.3. The van der Waals surface area contributed by atoms with Gasteiger partial charge in [-0.25, -0.2) is 0 Å². The number of hydrogen-bond donors (Lipinski definition) is 1. The van der Waals surface area contributed by atoms with Crippen LogP contribution in [0.1, 0.15) is 77.2 Å². The van der Waals surface area contributed by atoms with E-state index >= 15 is 0 Å². The molecule has 0 unspecified atom stereocenters. The van der Waals surface area contributed by atoms with Crippen LogP contribution in [-0.4, -0.2) is 21.8 Å². The van der Waals surface area contributed by atoms with Gasteiger partial charge in [-0.15, -0.1) is 0 Å². The maximum atomic E-state index is 10.8. The molecule has 174 valence electrons. The Kier molecular flexibility index (Phi) is 5.55. The molecule has 0 saturated heterocycles. The van der Waals surface area contributed by atoms with Crippen molar-refractivity contribution in [3.63, 3.8) is 0 Å². The Morgan fingerprint density at radius 1 is 1.09 bits per heavy atom. The maximum Gasteiger partial charge on any atom is 0.269 e. The molecule has 4 aliphatic carbocycles. The zero-order chi connectivity index (χ0) is 22.5. The van der Waals surface area contributed by atoms with Gasteiger partial charge < -0.3 is 9.94 Å². The van der Waals surface area contributed by atoms with Gasteiger partial charge in [0, 0.05) is 17.5 Å². The van der Waals surface area contributed by atoms with Crippen LogP contribution >= 0.6 is 0 Å². The van der Waals surface area contributed by atoms with E-state index < -0.39 is 0 Å². The molecular formula is C26H36N2O4. The fraction of sp³-hybridized carbons (Fsp3) is 0.731. The van der Waals surface area contributed by atoms with Crippen molar-refractivity contribution in [2.75, 3.05) is 0 Å². The maximum absolute atomic E-state index is 10.8. The van der Waals surface area contributed by atoms with Crippen molar-refractivity contribution in [3.8, 4) is 0 Å². The standard InChI is InChI=1S/C26H36N2O4/c1-25-13-11-20(29)15-18(25)5-8-21-22-9-10-24(26(22,2)14-12-23(21)25)27-32-16-17-3-6-19(7-4-17)28(30)31/h3-4,6-7,18,20-23,29H,5,8-16H2,1-2H3/b27-24-/t18-,20+,21-,22-,23-,25-,26-/m0/s1. The predicted molar refractivity (Wildman–Crippen MR) is 123 cm³/mol. The molecule has 7 atom stereocenters. The summed E-state index contributed by atoms with van der Waals surface area (Å²) in [5.41, 5.74) is 2.74. The summed E-state index contributed by atoms with van der Waals surface area (Å²) in [5, 5.41) is 25.7. The Hall–Kier alpha value is -1.95. The molecule has 4 fully saturated rings. The van der Waals surface area contributed by atoms with Crippen molar-refractivity contribution < 1.29 is 14.9 Å². The number of aliphatic hydroxyl groups excluding tert-OH is 1. The second-order valence-corrected chi connectivity index (χ2v) is 11.3. The van der Waals surface area contributed by atoms with Crippen molar-refractivity contribution in [2.45, 2.75) is 84.3 Å². The largest absolute Gasteiger partial charge is 0.393 e. The van der Waals surface area contributed by atoms with Gasteiger partial charge in [0.1, 0.15) is 6.61 Å². The van der Waals surface area contributed by atoms with Crippen LogP contribution in [-0.2, 0) is 11.4 Å². The van der Waals surface area contributed by atoms with Gasteiger partial charge in [-0.1, -0.05) is 19.0 Å². The normalized spacial score (nSPS) is 42.1. The van der Waals surface area contributed by atoms with E-state index in [0.717, 1.165) is 36.7 Å². The molecule has 1 N–H and O–H groups in total. The number of nitrogens with zero attached hydrogens (tertiary/aromatic N) is 2. The second-order valence-electron chi connectivity index (χ2n) is 11.3. The van der Waals surface area contributed by atoms with Crippen LogP contribution in [0.4, 0.5) is 5.69 Å². The number of rotatable bonds is 4. The third kappa shape index (κ3) is 3.55. The first-order chi connectivity index (χ1) is 15.3. The summed E-state index contributed by atoms with van der Waals surface area (Å²) in [6, 6.07) is 6.51. The number of fused-ring (bicyclic) bond motifs is 5. The van der Waals surface area contributed by atoms with E-state index in [-0.39, 0.29) is 22.1 Å². The molecule has 0 heterocycles. The topological polar surface area (TPSA) is 85.0 Å². The summed E-state index contributed by atoms with van der Waals surface area (Å²) in [5.74, 6) is 2.93. The monoisotopic (exact) mass is 440 g/mol. The SMILES string of the molecule is C[C@]12CC[C@@H](O)C[C@@H]1CC[C@@H]1[C@@H]2CC[C@]2(C)/C(=N\OCc3ccc([N+](=O)[O-])cc3)CC[C@@H]12. The van der Waals surface area contributed by atoms with E-state index in [0.29, 0.717) is 23.9 Å². The lowest BCUT2D eigenvalue weighted by molar-refractivity contribution is -0.384. The Morgan fingerprint density at radius 2 is 1.88 bits per heavy atom. The highest BCUT2D eigenvalue weighted by molar-refractivity contribution is 5.92. The first-order valence-electron chi connectivity index (χ1n) is 12.4. The smallest absolute Gasteiger partial charge is 0.269 e. The van der Waals surface area contributed by atoms with Crippen LogP contribution < -0.4 is 0 Å². The Bertz CT molecular complexity index is 900. The number of hydrogen-bond acceptors (Lipinski definition) is 5. The van der Waals surface area contributed by atoms with Crippen LogP contribution in [0.5, 0.6) is 0 Å². The summed E-state index contributed by atoms with van der Waals surface area (Å²) in [6.45, 7) is 5.28. The number of nitro groups is 1. The Morgan fingerprint density at radius 3 is 2.62 bits per heavy atom. The number of benzene rings is 1. The molecule has 0 radical (unpaired) electrons. The minimum atomic E-state index is -0.385. The average Bonchev–Trinajstić information content (AvgIpc) is 3.11. The first kappa shape index (κ1) is 21.9. The van der Waals surface area contributed by atoms with Gasteiger partial charge in [-0.3, -0.25) is 10.1 Å². The quantitative estimate of drug-likeness (QED) is 0.469. The van der Waals surface area contributed by atoms with E-state index in [9.17, 15) is 15.2 Å². The van der Waals surface area contributed by atoms with Gasteiger partial charge in [0.25, 0.3) is 5.69 Å². The minimum absolute atomic E-state index is 0.0865. The molecule has 0 bridgehead atoms. The molecule has 0 amide bonds. The van der Waals surface area contributed by atoms with E-state index in [1.807, 2.05) is 0 Å². The summed E-state index contributed by atoms with van der Waals surface area (Å²) >= 11 is 0. The lowest BCUT2D eigenvalue weighted by Crippen LogP contribution is -2.54. The number of oxime groups is 1. The van der Waals surface area contributed by atoms with Gasteiger partial charge in [-0.2, -0.15) is 0 Å². The van der Waals surface area contributed by atoms with Crippen molar-refractivity contribution in [1.29, 1.82) is 0 Å². The summed E-state index contributed by atoms with van der Waals surface area (Å²) in [7, 11) is 0. The highest BCUT2D eigenvalue weighted by Crippen LogP contribution is 2.65. The Labute approximate surface area is 190 Å². The van der Waals surface area contributed by atoms with Crippen LogP contribution in [0.25, 0.3) is 0 Å². The third-order valence-corrected chi connectivity index (χ3v) is 9.93. The third-order valence-electron chi connectivity index (χ3n) is 9.93. The number of non-ortho nitro benzene ring substituents is 1. The number of aliphatic hydroxyl groups is 1. The average molecular weight is 441 g/mol. The zero-order valence-electron chi connectivity index (χ0n) is 19.3. The van der Waals surface area contributed by atoms with E-state index in [4.69, 9.17) is 4.84 Å². The van der Waals surface area contributed by atoms with Gasteiger partial charge in [0.2, 0.25) is 0 Å². The molecule has 4 saturated carbocycles. The van der Waals surface area contributed by atoms with Gasteiger partial charge in [0.15, 0.2) is 0 Å². The lowest BCUT2D eigenvalue weighted by Gasteiger charge is -2.60. The molecule has 0 aromatic heterocycles. The summed E-state index contributed by atoms with van der Waals surface area (Å²) < 4.78 is 0. The van der Waals surface area contributed by atoms with Crippen molar-refractivity contribution in [3.05, 3.63) is 39.9 Å². The van der Waals surface area contributed by atoms with Crippen molar-refractivity contribution in [2.24, 2.45) is 39.7 Å². The summed E-state index contributed by atoms with van der Waals surface area (Å²) in [4.78, 5) is 16.2. The molecule has 6 heteroatoms. The Balaban J connectivity index is 1.27. The fourth-order valence-corrected chi connectivity index (χ4v) is 8.07. The molecule has 5 rings (SSSR count). The van der Waals surface area contributed by atoms with Crippen LogP contribution in [0.3, 0.4) is 0 Å². The van der Waals surface area contributed by atoms with E-state index in [1.54, 1.807) is 12.1 Å². The second kappa shape index (κ2) is 8.12. The molecule has 0 spiro atoms. The highest BCUT2D eigenvalue weighted by Gasteiger charge is 2.59. The zero-order valence-corrected chi connectivity index (χ0v) is 19.3. The highest BCUT2D eigenvalue weighted by atomic mass is 16.6. The molecule has 4 aliphatic rings. The van der Waals surface area contributed by atoms with Crippen LogP contribution in [0, 0.1) is 44.6 Å². The van der Waals surface area contributed by atoms with Crippen molar-refractivity contribution in [1.82, 2.24) is 0 Å². The molecule has 6 nitrogen and oxygen atoms in total. The molecular weight excluding hydrogens is 404 g/mol. The van der Waals surface area contributed by atoms with Gasteiger partial charge in [-0.05, 0) is 105 Å². The van der Waals surface area contributed by atoms with Crippen molar-refractivity contribution >= 4 is 11.4 Å². The van der Waals surface area contributed by atoms with Crippen LogP contribution in [0.2, 0.25) is 0 Å². The minimum Gasteiger partial charge on any atom is -0.393 e. The van der Waals surface area contributed by atoms with E-state index in [2.05, 4.69) is 19.0 Å². The van der Waals surface area contributed by atoms with Gasteiger partial charge in [0.05, 0.1) is 16.7 Å². The van der Waals surface area contributed by atoms with Crippen LogP contribution in [0.15, 0.2) is 29.4 Å². The molecule has 0 aliphatic heterocycles. The molecule has 1 aromatic rings. The van der Waals surface area contributed by atoms with Gasteiger partial charge >= 0.3 is 0 Å². The lowest BCUT2D eigenvalue weighted by atomic mass is 9.45. The predicted octanol–water partition coefficient (Wildman–Crippen LogP) is 5.87. The molecule has 32 heavy (non-hydrogen) atoms. The number of nitro benzene ring substituents is 1. The fourth-order valence-electron chi connectivity index (χ4n) is 8.07.